The van der Waals surface area contributed by atoms with Crippen LogP contribution in [-0.4, -0.2) is 72.6 Å². The fraction of sp³-hybridized carbons (Fsp3) is 0.407. The summed E-state index contributed by atoms with van der Waals surface area (Å²) < 4.78 is 24.5. The first-order valence-corrected chi connectivity index (χ1v) is 12.1. The Balaban J connectivity index is 1.64. The van der Waals surface area contributed by atoms with Crippen LogP contribution in [0.2, 0.25) is 0 Å². The third kappa shape index (κ3) is 5.71. The van der Waals surface area contributed by atoms with Gasteiger partial charge >= 0.3 is 0 Å². The number of halogens is 1. The number of benzene rings is 2. The summed E-state index contributed by atoms with van der Waals surface area (Å²) in [6.45, 7) is 6.81. The summed E-state index contributed by atoms with van der Waals surface area (Å²) in [4.78, 5) is 30.0. The second kappa shape index (κ2) is 11.5. The van der Waals surface area contributed by atoms with Gasteiger partial charge < -0.3 is 19.5 Å². The number of nitrogens with zero attached hydrogens (tertiary/aromatic N) is 2. The van der Waals surface area contributed by atoms with Crippen molar-refractivity contribution in [3.05, 3.63) is 71.0 Å². The number of hydrogen-bond donors (Lipinski definition) is 1. The number of rotatable bonds is 9. The first-order valence-electron chi connectivity index (χ1n) is 12.1. The molecule has 0 bridgehead atoms. The van der Waals surface area contributed by atoms with Gasteiger partial charge in [-0.3, -0.25) is 14.5 Å². The third-order valence-corrected chi connectivity index (χ3v) is 6.30. The van der Waals surface area contributed by atoms with Gasteiger partial charge in [0.1, 0.15) is 17.3 Å². The lowest BCUT2D eigenvalue weighted by Crippen LogP contribution is -2.38. The van der Waals surface area contributed by atoms with Gasteiger partial charge in [0, 0.05) is 31.7 Å². The van der Waals surface area contributed by atoms with Crippen molar-refractivity contribution in [2.45, 2.75) is 25.8 Å². The highest BCUT2D eigenvalue weighted by molar-refractivity contribution is 6.46. The van der Waals surface area contributed by atoms with Crippen molar-refractivity contribution < 1.29 is 28.6 Å². The highest BCUT2D eigenvalue weighted by Gasteiger charge is 2.45. The summed E-state index contributed by atoms with van der Waals surface area (Å²) in [5.74, 6) is -1.46. The molecular formula is C27H31FN2O5. The topological polar surface area (TPSA) is 79.3 Å². The van der Waals surface area contributed by atoms with Gasteiger partial charge in [-0.2, -0.15) is 0 Å². The number of Topliss-reactive ketones (excluding diaryl/α,β-unsaturated/α-hetero) is 1. The van der Waals surface area contributed by atoms with Crippen molar-refractivity contribution in [1.29, 1.82) is 0 Å². The summed E-state index contributed by atoms with van der Waals surface area (Å²) in [5, 5.41) is 11.1. The highest BCUT2D eigenvalue weighted by atomic mass is 19.1. The quantitative estimate of drug-likeness (QED) is 0.333. The van der Waals surface area contributed by atoms with Crippen LogP contribution in [0.4, 0.5) is 4.39 Å². The van der Waals surface area contributed by atoms with E-state index in [0.29, 0.717) is 44.1 Å². The third-order valence-electron chi connectivity index (χ3n) is 6.30. The lowest BCUT2D eigenvalue weighted by Gasteiger charge is -2.29. The fourth-order valence-corrected chi connectivity index (χ4v) is 4.48. The van der Waals surface area contributed by atoms with Crippen LogP contribution in [-0.2, 0) is 14.3 Å². The molecule has 0 aliphatic carbocycles. The van der Waals surface area contributed by atoms with Crippen LogP contribution < -0.4 is 4.74 Å². The molecule has 0 saturated carbocycles. The number of ether oxygens (including phenoxy) is 2. The zero-order valence-corrected chi connectivity index (χ0v) is 19.9. The Hall–Kier alpha value is -3.23. The Labute approximate surface area is 204 Å². The van der Waals surface area contributed by atoms with Crippen LogP contribution >= 0.6 is 0 Å². The van der Waals surface area contributed by atoms with Crippen molar-refractivity contribution in [3.63, 3.8) is 0 Å². The molecule has 186 valence electrons. The van der Waals surface area contributed by atoms with E-state index in [1.807, 2.05) is 19.1 Å². The summed E-state index contributed by atoms with van der Waals surface area (Å²) in [5.41, 5.74) is 0.990. The molecule has 2 aliphatic rings. The fourth-order valence-electron chi connectivity index (χ4n) is 4.48. The van der Waals surface area contributed by atoms with Gasteiger partial charge in [-0.25, -0.2) is 4.39 Å². The van der Waals surface area contributed by atoms with Gasteiger partial charge in [0.05, 0.1) is 31.4 Å². The molecule has 35 heavy (non-hydrogen) atoms. The molecule has 0 unspecified atom stereocenters. The average molecular weight is 483 g/mol. The zero-order chi connectivity index (χ0) is 24.8. The maximum atomic E-state index is 13.4. The summed E-state index contributed by atoms with van der Waals surface area (Å²) in [6.07, 6.45) is 1.56. The Morgan fingerprint density at radius 2 is 1.74 bits per heavy atom. The van der Waals surface area contributed by atoms with E-state index in [2.05, 4.69) is 4.90 Å². The van der Waals surface area contributed by atoms with Crippen molar-refractivity contribution in [1.82, 2.24) is 9.80 Å². The van der Waals surface area contributed by atoms with Crippen LogP contribution in [0, 0.1) is 5.82 Å². The average Bonchev–Trinajstić information content (AvgIpc) is 3.13. The Kier molecular flexibility index (Phi) is 8.15. The predicted molar refractivity (Wildman–Crippen MR) is 130 cm³/mol. The van der Waals surface area contributed by atoms with E-state index < -0.39 is 23.5 Å². The van der Waals surface area contributed by atoms with Crippen LogP contribution in [0.3, 0.4) is 0 Å². The maximum Gasteiger partial charge on any atom is 0.295 e. The number of hydrogen-bond acceptors (Lipinski definition) is 6. The summed E-state index contributed by atoms with van der Waals surface area (Å²) >= 11 is 0. The molecule has 2 aromatic rings. The van der Waals surface area contributed by atoms with E-state index in [-0.39, 0.29) is 16.9 Å². The number of amides is 1. The first kappa shape index (κ1) is 24.9. The van der Waals surface area contributed by atoms with Gasteiger partial charge in [-0.1, -0.05) is 19.1 Å². The number of carbonyl (C=O) groups is 2. The lowest BCUT2D eigenvalue weighted by molar-refractivity contribution is -0.140. The van der Waals surface area contributed by atoms with Crippen molar-refractivity contribution in [2.24, 2.45) is 0 Å². The molecule has 0 aromatic heterocycles. The van der Waals surface area contributed by atoms with Crippen molar-refractivity contribution in [3.8, 4) is 5.75 Å². The van der Waals surface area contributed by atoms with E-state index in [0.717, 1.165) is 26.1 Å². The Morgan fingerprint density at radius 1 is 1.06 bits per heavy atom. The molecule has 7 nitrogen and oxygen atoms in total. The van der Waals surface area contributed by atoms with Crippen molar-refractivity contribution in [2.75, 3.05) is 46.0 Å². The molecule has 1 amide bonds. The summed E-state index contributed by atoms with van der Waals surface area (Å²) in [6, 6.07) is 11.7. The monoisotopic (exact) mass is 482 g/mol. The number of aliphatic hydroxyl groups is 1. The minimum absolute atomic E-state index is 0.00945. The maximum absolute atomic E-state index is 13.4. The molecular weight excluding hydrogens is 451 g/mol. The van der Waals surface area contributed by atoms with Crippen molar-refractivity contribution >= 4 is 17.4 Å². The van der Waals surface area contributed by atoms with E-state index in [1.54, 1.807) is 12.1 Å². The molecule has 1 N–H and O–H groups in total. The van der Waals surface area contributed by atoms with Gasteiger partial charge in [0.15, 0.2) is 0 Å². The van der Waals surface area contributed by atoms with E-state index in [4.69, 9.17) is 9.47 Å². The number of likely N-dealkylation sites (tertiary alicyclic amines) is 1. The van der Waals surface area contributed by atoms with Crippen LogP contribution in [0.5, 0.6) is 5.75 Å². The second-order valence-corrected chi connectivity index (χ2v) is 8.72. The van der Waals surface area contributed by atoms with Gasteiger partial charge in [-0.05, 0) is 54.8 Å². The minimum Gasteiger partial charge on any atom is -0.507 e. The number of carbonyl (C=O) groups excluding carboxylic acids is 2. The Morgan fingerprint density at radius 3 is 2.40 bits per heavy atom. The van der Waals surface area contributed by atoms with Gasteiger partial charge in [-0.15, -0.1) is 0 Å². The molecule has 0 radical (unpaired) electrons. The number of ketones is 1. The smallest absolute Gasteiger partial charge is 0.295 e. The van der Waals surface area contributed by atoms with Gasteiger partial charge in [0.25, 0.3) is 11.7 Å². The van der Waals surface area contributed by atoms with Crippen LogP contribution in [0.1, 0.15) is 36.9 Å². The molecule has 2 fully saturated rings. The molecule has 2 aliphatic heterocycles. The largest absolute Gasteiger partial charge is 0.507 e. The van der Waals surface area contributed by atoms with E-state index in [1.165, 1.54) is 29.2 Å². The lowest BCUT2D eigenvalue weighted by atomic mass is 9.95. The number of morpholine rings is 1. The second-order valence-electron chi connectivity index (χ2n) is 8.72. The molecule has 2 aromatic carbocycles. The first-order chi connectivity index (χ1) is 17.0. The molecule has 1 atom stereocenters. The predicted octanol–water partition coefficient (Wildman–Crippen LogP) is 3.76. The summed E-state index contributed by atoms with van der Waals surface area (Å²) in [7, 11) is 0. The molecule has 8 heteroatoms. The van der Waals surface area contributed by atoms with E-state index >= 15 is 0 Å². The molecule has 0 spiro atoms. The van der Waals surface area contributed by atoms with Crippen LogP contribution in [0.25, 0.3) is 5.76 Å². The van der Waals surface area contributed by atoms with E-state index in [9.17, 15) is 19.1 Å². The molecule has 2 heterocycles. The SMILES string of the molecule is CCCOc1ccc([C@@H]2C(=C(O)c3ccc(F)cc3)C(=O)C(=O)N2CCCN2CCOCC2)cc1. The molecule has 2 saturated heterocycles. The standard InChI is InChI=1S/C27H31FN2O5/c1-2-16-35-22-10-6-19(7-11-22)24-23(25(31)20-4-8-21(28)9-5-20)26(32)27(33)30(24)13-3-12-29-14-17-34-18-15-29/h4-11,24,31H,2-3,12-18H2,1H3/t24-/m1/s1. The normalized spacial score (nSPS) is 20.4. The Bertz CT molecular complexity index is 1060. The van der Waals surface area contributed by atoms with Crippen LogP contribution in [0.15, 0.2) is 54.1 Å². The van der Waals surface area contributed by atoms with Gasteiger partial charge in [0.2, 0.25) is 0 Å². The number of aliphatic hydroxyl groups excluding tert-OH is 1. The minimum atomic E-state index is -0.745. The molecule has 4 rings (SSSR count). The highest BCUT2D eigenvalue weighted by Crippen LogP contribution is 2.40. The zero-order valence-electron chi connectivity index (χ0n) is 19.9.